The molecule has 3 heteroatoms. The second kappa shape index (κ2) is 9.06. The van der Waals surface area contributed by atoms with Crippen LogP contribution >= 0.6 is 0 Å². The molecule has 0 saturated heterocycles. The zero-order chi connectivity index (χ0) is 14.9. The van der Waals surface area contributed by atoms with Crippen LogP contribution in [-0.4, -0.2) is 25.9 Å². The van der Waals surface area contributed by atoms with E-state index in [1.165, 1.54) is 24.8 Å². The molecule has 1 aliphatic carbocycles. The van der Waals surface area contributed by atoms with E-state index < -0.39 is 0 Å². The van der Waals surface area contributed by atoms with Crippen molar-refractivity contribution in [2.24, 2.45) is 5.92 Å². The highest BCUT2D eigenvalue weighted by Crippen LogP contribution is 2.20. The molecule has 0 atom stereocenters. The average Bonchev–Trinajstić information content (AvgIpc) is 3.28. The first-order valence-corrected chi connectivity index (χ1v) is 8.27. The lowest BCUT2D eigenvalue weighted by molar-refractivity contribution is 0.0957. The summed E-state index contributed by atoms with van der Waals surface area (Å²) < 4.78 is 11.3. The third-order valence-corrected chi connectivity index (χ3v) is 3.64. The van der Waals surface area contributed by atoms with Gasteiger partial charge < -0.3 is 14.8 Å². The lowest BCUT2D eigenvalue weighted by Gasteiger charge is -2.09. The lowest BCUT2D eigenvalue weighted by atomic mass is 10.1. The molecule has 0 aliphatic heterocycles. The van der Waals surface area contributed by atoms with Crippen LogP contribution in [0.3, 0.4) is 0 Å². The molecular weight excluding hydrogens is 262 g/mol. The Morgan fingerprint density at radius 2 is 2.05 bits per heavy atom. The van der Waals surface area contributed by atoms with Crippen molar-refractivity contribution in [3.8, 4) is 5.75 Å². The monoisotopic (exact) mass is 291 g/mol. The average molecular weight is 291 g/mol. The van der Waals surface area contributed by atoms with Crippen molar-refractivity contribution in [3.05, 3.63) is 29.8 Å². The van der Waals surface area contributed by atoms with E-state index in [0.717, 1.165) is 37.3 Å². The van der Waals surface area contributed by atoms with Gasteiger partial charge in [-0.3, -0.25) is 0 Å². The molecule has 0 bridgehead atoms. The number of rotatable bonds is 11. The van der Waals surface area contributed by atoms with E-state index in [0.29, 0.717) is 13.2 Å². The van der Waals surface area contributed by atoms with Crippen LogP contribution in [0.2, 0.25) is 0 Å². The highest BCUT2D eigenvalue weighted by molar-refractivity contribution is 5.28. The summed E-state index contributed by atoms with van der Waals surface area (Å²) >= 11 is 0. The van der Waals surface area contributed by atoms with Gasteiger partial charge in [0.2, 0.25) is 0 Å². The van der Waals surface area contributed by atoms with Gasteiger partial charge in [0, 0.05) is 19.2 Å². The van der Waals surface area contributed by atoms with Crippen molar-refractivity contribution in [2.45, 2.75) is 52.1 Å². The number of ether oxygens (including phenoxy) is 2. The second-order valence-electron chi connectivity index (χ2n) is 6.30. The molecule has 3 nitrogen and oxygen atoms in total. The molecule has 1 aromatic carbocycles. The largest absolute Gasteiger partial charge is 0.491 e. The van der Waals surface area contributed by atoms with Crippen LogP contribution in [0.25, 0.3) is 0 Å². The van der Waals surface area contributed by atoms with Crippen LogP contribution in [0.5, 0.6) is 5.75 Å². The fourth-order valence-electron chi connectivity index (χ4n) is 2.21. The van der Waals surface area contributed by atoms with Crippen molar-refractivity contribution in [1.82, 2.24) is 5.32 Å². The Labute approximate surface area is 129 Å². The normalized spacial score (nSPS) is 14.6. The van der Waals surface area contributed by atoms with Gasteiger partial charge in [0.1, 0.15) is 12.4 Å². The van der Waals surface area contributed by atoms with Crippen LogP contribution in [0.1, 0.15) is 45.1 Å². The molecule has 1 fully saturated rings. The summed E-state index contributed by atoms with van der Waals surface area (Å²) in [6.45, 7) is 7.56. The molecule has 2 rings (SSSR count). The summed E-state index contributed by atoms with van der Waals surface area (Å²) in [7, 11) is 0. The molecule has 1 aromatic rings. The third kappa shape index (κ3) is 7.49. The number of nitrogens with one attached hydrogen (secondary N) is 1. The molecule has 1 N–H and O–H groups in total. The lowest BCUT2D eigenvalue weighted by Crippen LogP contribution is -2.15. The fourth-order valence-corrected chi connectivity index (χ4v) is 2.21. The van der Waals surface area contributed by atoms with Crippen molar-refractivity contribution in [3.63, 3.8) is 0 Å². The van der Waals surface area contributed by atoms with Gasteiger partial charge in [0.25, 0.3) is 0 Å². The van der Waals surface area contributed by atoms with Gasteiger partial charge >= 0.3 is 0 Å². The van der Waals surface area contributed by atoms with Crippen molar-refractivity contribution in [2.75, 3.05) is 19.8 Å². The Morgan fingerprint density at radius 3 is 2.81 bits per heavy atom. The Bertz CT molecular complexity index is 402. The van der Waals surface area contributed by atoms with Gasteiger partial charge in [-0.25, -0.2) is 0 Å². The number of hydrogen-bond donors (Lipinski definition) is 1. The first kappa shape index (κ1) is 16.3. The second-order valence-corrected chi connectivity index (χ2v) is 6.30. The molecule has 0 aromatic heterocycles. The highest BCUT2D eigenvalue weighted by atomic mass is 16.5. The summed E-state index contributed by atoms with van der Waals surface area (Å²) in [5.41, 5.74) is 1.29. The summed E-state index contributed by atoms with van der Waals surface area (Å²) in [5.74, 6) is 1.70. The molecule has 1 aliphatic rings. The van der Waals surface area contributed by atoms with E-state index in [1.54, 1.807) is 0 Å². The number of benzene rings is 1. The topological polar surface area (TPSA) is 30.5 Å². The first-order chi connectivity index (χ1) is 10.2. The van der Waals surface area contributed by atoms with E-state index in [1.807, 2.05) is 6.07 Å². The van der Waals surface area contributed by atoms with E-state index in [2.05, 4.69) is 37.4 Å². The minimum absolute atomic E-state index is 0.626. The Balaban J connectivity index is 1.56. The van der Waals surface area contributed by atoms with E-state index in [4.69, 9.17) is 9.47 Å². The zero-order valence-electron chi connectivity index (χ0n) is 13.4. The molecule has 21 heavy (non-hydrogen) atoms. The van der Waals surface area contributed by atoms with E-state index >= 15 is 0 Å². The summed E-state index contributed by atoms with van der Waals surface area (Å²) in [6.07, 6.45) is 5.02. The van der Waals surface area contributed by atoms with E-state index in [9.17, 15) is 0 Å². The Hall–Kier alpha value is -1.06. The van der Waals surface area contributed by atoms with Gasteiger partial charge in [-0.2, -0.15) is 0 Å². The van der Waals surface area contributed by atoms with Crippen LogP contribution in [0, 0.1) is 5.92 Å². The SMILES string of the molecule is CC(C)CCCOCCOc1cccc(CNC2CC2)c1. The maximum Gasteiger partial charge on any atom is 0.119 e. The Kier molecular flexibility index (Phi) is 7.04. The molecular formula is C18H29NO2. The van der Waals surface area contributed by atoms with Crippen LogP contribution in [-0.2, 0) is 11.3 Å². The third-order valence-electron chi connectivity index (χ3n) is 3.64. The van der Waals surface area contributed by atoms with Gasteiger partial charge in [-0.05, 0) is 49.3 Å². The molecule has 0 spiro atoms. The van der Waals surface area contributed by atoms with Gasteiger partial charge in [0.15, 0.2) is 0 Å². The van der Waals surface area contributed by atoms with Crippen LogP contribution in [0.15, 0.2) is 24.3 Å². The first-order valence-electron chi connectivity index (χ1n) is 8.27. The Morgan fingerprint density at radius 1 is 1.19 bits per heavy atom. The minimum Gasteiger partial charge on any atom is -0.491 e. The van der Waals surface area contributed by atoms with Crippen molar-refractivity contribution >= 4 is 0 Å². The smallest absolute Gasteiger partial charge is 0.119 e. The molecule has 0 unspecified atom stereocenters. The van der Waals surface area contributed by atoms with Crippen LogP contribution in [0.4, 0.5) is 0 Å². The van der Waals surface area contributed by atoms with Gasteiger partial charge in [-0.1, -0.05) is 26.0 Å². The number of hydrogen-bond acceptors (Lipinski definition) is 3. The maximum atomic E-state index is 5.74. The van der Waals surface area contributed by atoms with Crippen molar-refractivity contribution in [1.29, 1.82) is 0 Å². The standard InChI is InChI=1S/C18H29NO2/c1-15(2)5-4-10-20-11-12-21-18-7-3-6-16(13-18)14-19-17-8-9-17/h3,6-7,13,15,17,19H,4-5,8-12,14H2,1-2H3. The summed E-state index contributed by atoms with van der Waals surface area (Å²) in [4.78, 5) is 0. The summed E-state index contributed by atoms with van der Waals surface area (Å²) in [6, 6.07) is 9.08. The molecule has 1 saturated carbocycles. The predicted octanol–water partition coefficient (Wildman–Crippen LogP) is 3.77. The van der Waals surface area contributed by atoms with Crippen molar-refractivity contribution < 1.29 is 9.47 Å². The zero-order valence-corrected chi connectivity index (χ0v) is 13.4. The highest BCUT2D eigenvalue weighted by Gasteiger charge is 2.19. The maximum absolute atomic E-state index is 5.74. The predicted molar refractivity (Wildman–Crippen MR) is 86.7 cm³/mol. The molecule has 0 radical (unpaired) electrons. The minimum atomic E-state index is 0.626. The van der Waals surface area contributed by atoms with Gasteiger partial charge in [0.05, 0.1) is 6.61 Å². The quantitative estimate of drug-likeness (QED) is 0.630. The van der Waals surface area contributed by atoms with E-state index in [-0.39, 0.29) is 0 Å². The van der Waals surface area contributed by atoms with Gasteiger partial charge in [-0.15, -0.1) is 0 Å². The molecule has 0 heterocycles. The molecule has 118 valence electrons. The fraction of sp³-hybridized carbons (Fsp3) is 0.667. The van der Waals surface area contributed by atoms with Crippen LogP contribution < -0.4 is 10.1 Å². The molecule has 0 amide bonds. The summed E-state index contributed by atoms with van der Waals surface area (Å²) in [5, 5.41) is 3.52.